The summed E-state index contributed by atoms with van der Waals surface area (Å²) in [6, 6.07) is 10.3. The Labute approximate surface area is 145 Å². The zero-order valence-corrected chi connectivity index (χ0v) is 14.4. The average molecular weight is 334 g/mol. The molecule has 2 aliphatic rings. The van der Waals surface area contributed by atoms with Gasteiger partial charge in [0.25, 0.3) is 0 Å². The van der Waals surface area contributed by atoms with E-state index in [0.717, 1.165) is 45.5 Å². The van der Waals surface area contributed by atoms with Crippen LogP contribution in [0.1, 0.15) is 37.7 Å². The Hall–Kier alpha value is -0.940. The first-order valence-electron chi connectivity index (χ1n) is 9.34. The highest BCUT2D eigenvalue weighted by Crippen LogP contribution is 2.43. The molecule has 4 nitrogen and oxygen atoms in total. The van der Waals surface area contributed by atoms with Gasteiger partial charge < -0.3 is 19.3 Å². The maximum absolute atomic E-state index is 8.80. The normalized spacial score (nSPS) is 28.5. The molecule has 2 heterocycles. The molecule has 0 aromatic heterocycles. The predicted molar refractivity (Wildman–Crippen MR) is 92.7 cm³/mol. The van der Waals surface area contributed by atoms with E-state index < -0.39 is 0 Å². The van der Waals surface area contributed by atoms with E-state index in [1.807, 2.05) is 18.2 Å². The molecular weight excluding hydrogens is 304 g/mol. The van der Waals surface area contributed by atoms with E-state index in [4.69, 9.17) is 19.3 Å². The fraction of sp³-hybridized carbons (Fsp3) is 0.700. The number of hydrogen-bond donors (Lipinski definition) is 1. The second-order valence-corrected chi connectivity index (χ2v) is 6.98. The second kappa shape index (κ2) is 9.52. The van der Waals surface area contributed by atoms with Crippen LogP contribution in [0.2, 0.25) is 0 Å². The average Bonchev–Trinajstić information content (AvgIpc) is 3.21. The molecule has 134 valence electrons. The topological polar surface area (TPSA) is 47.9 Å². The molecule has 0 amide bonds. The number of unbranched alkanes of at least 4 members (excludes halogenated alkanes) is 2. The molecule has 0 saturated carbocycles. The third-order valence-electron chi connectivity index (χ3n) is 5.27. The Bertz CT molecular complexity index is 464. The lowest BCUT2D eigenvalue weighted by molar-refractivity contribution is 0.0206. The molecule has 2 saturated heterocycles. The molecule has 4 atom stereocenters. The molecule has 0 spiro atoms. The highest BCUT2D eigenvalue weighted by atomic mass is 16.5. The van der Waals surface area contributed by atoms with Crippen LogP contribution in [-0.4, -0.2) is 43.7 Å². The van der Waals surface area contributed by atoms with Crippen LogP contribution in [0.3, 0.4) is 0 Å². The van der Waals surface area contributed by atoms with E-state index in [1.165, 1.54) is 12.0 Å². The van der Waals surface area contributed by atoms with Crippen LogP contribution >= 0.6 is 0 Å². The van der Waals surface area contributed by atoms with Crippen LogP contribution in [0.15, 0.2) is 30.3 Å². The molecule has 2 bridgehead atoms. The lowest BCUT2D eigenvalue weighted by atomic mass is 9.80. The number of aliphatic hydroxyl groups excluding tert-OH is 1. The van der Waals surface area contributed by atoms with Gasteiger partial charge in [-0.1, -0.05) is 30.3 Å². The summed E-state index contributed by atoms with van der Waals surface area (Å²) in [5.74, 6) is 0.933. The van der Waals surface area contributed by atoms with Gasteiger partial charge in [-0.2, -0.15) is 0 Å². The van der Waals surface area contributed by atoms with E-state index in [0.29, 0.717) is 30.7 Å². The van der Waals surface area contributed by atoms with Gasteiger partial charge in [0.15, 0.2) is 0 Å². The van der Waals surface area contributed by atoms with Crippen LogP contribution in [0.4, 0.5) is 0 Å². The van der Waals surface area contributed by atoms with Crippen molar-refractivity contribution in [1.82, 2.24) is 0 Å². The van der Waals surface area contributed by atoms with Gasteiger partial charge in [0.05, 0.1) is 32.0 Å². The minimum Gasteiger partial charge on any atom is -0.396 e. The van der Waals surface area contributed by atoms with Crippen molar-refractivity contribution in [2.45, 2.75) is 50.9 Å². The van der Waals surface area contributed by atoms with Gasteiger partial charge in [-0.25, -0.2) is 0 Å². The molecule has 4 heteroatoms. The Morgan fingerprint density at radius 2 is 1.62 bits per heavy atom. The van der Waals surface area contributed by atoms with E-state index in [-0.39, 0.29) is 6.61 Å². The summed E-state index contributed by atoms with van der Waals surface area (Å²) >= 11 is 0. The second-order valence-electron chi connectivity index (χ2n) is 6.98. The lowest BCUT2D eigenvalue weighted by Crippen LogP contribution is -2.34. The molecule has 1 N–H and O–H groups in total. The van der Waals surface area contributed by atoms with Crippen molar-refractivity contribution in [2.75, 3.05) is 26.4 Å². The number of ether oxygens (including phenoxy) is 3. The number of aliphatic hydroxyl groups is 1. The summed E-state index contributed by atoms with van der Waals surface area (Å²) in [7, 11) is 0. The van der Waals surface area contributed by atoms with Gasteiger partial charge in [-0.05, 0) is 37.7 Å². The molecule has 1 aromatic rings. The number of benzene rings is 1. The molecule has 2 fully saturated rings. The molecular formula is C20H30O4. The molecule has 1 aromatic carbocycles. The Morgan fingerprint density at radius 1 is 0.917 bits per heavy atom. The van der Waals surface area contributed by atoms with Gasteiger partial charge >= 0.3 is 0 Å². The number of rotatable bonds is 11. The molecule has 3 rings (SSSR count). The maximum atomic E-state index is 8.80. The predicted octanol–water partition coefficient (Wildman–Crippen LogP) is 3.18. The van der Waals surface area contributed by atoms with E-state index >= 15 is 0 Å². The molecule has 0 aliphatic carbocycles. The van der Waals surface area contributed by atoms with Crippen molar-refractivity contribution in [3.05, 3.63) is 35.9 Å². The zero-order chi connectivity index (χ0) is 16.6. The van der Waals surface area contributed by atoms with Crippen LogP contribution in [0.25, 0.3) is 0 Å². The van der Waals surface area contributed by atoms with Crippen LogP contribution < -0.4 is 0 Å². The van der Waals surface area contributed by atoms with Gasteiger partial charge in [-0.3, -0.25) is 0 Å². The van der Waals surface area contributed by atoms with Crippen molar-refractivity contribution in [1.29, 1.82) is 0 Å². The molecule has 2 aliphatic heterocycles. The van der Waals surface area contributed by atoms with Gasteiger partial charge in [-0.15, -0.1) is 0 Å². The maximum Gasteiger partial charge on any atom is 0.0717 e. The molecule has 24 heavy (non-hydrogen) atoms. The highest BCUT2D eigenvalue weighted by Gasteiger charge is 2.48. The first kappa shape index (κ1) is 17.9. The van der Waals surface area contributed by atoms with Crippen molar-refractivity contribution < 1.29 is 19.3 Å². The Balaban J connectivity index is 1.39. The quantitative estimate of drug-likeness (QED) is 0.632. The summed E-state index contributed by atoms with van der Waals surface area (Å²) in [5.41, 5.74) is 1.22. The van der Waals surface area contributed by atoms with Crippen molar-refractivity contribution >= 4 is 0 Å². The van der Waals surface area contributed by atoms with Crippen LogP contribution in [-0.2, 0) is 20.8 Å². The van der Waals surface area contributed by atoms with E-state index in [1.54, 1.807) is 0 Å². The lowest BCUT2D eigenvalue weighted by Gasteiger charge is -2.27. The van der Waals surface area contributed by atoms with Crippen molar-refractivity contribution in [3.63, 3.8) is 0 Å². The standard InChI is InChI=1S/C20H30O4/c21-11-5-2-6-12-22-14-17-18(20-10-9-19(17)24-20)15-23-13-16-7-3-1-4-8-16/h1,3-4,7-8,17-21H,2,5-6,9-15H2/t17-,18+,19-,20+/m1/s1. The van der Waals surface area contributed by atoms with Gasteiger partial charge in [0.1, 0.15) is 0 Å². The SMILES string of the molecule is OCCCCCOC[C@@H]1[C@H](COCc2ccccc2)[C@@H]2CC[C@H]1O2. The fourth-order valence-electron chi connectivity index (χ4n) is 3.93. The van der Waals surface area contributed by atoms with Gasteiger partial charge in [0.2, 0.25) is 0 Å². The summed E-state index contributed by atoms with van der Waals surface area (Å²) in [5, 5.41) is 8.80. The van der Waals surface area contributed by atoms with Crippen LogP contribution in [0, 0.1) is 11.8 Å². The summed E-state index contributed by atoms with van der Waals surface area (Å²) in [6.45, 7) is 3.27. The Morgan fingerprint density at radius 3 is 2.33 bits per heavy atom. The molecule has 0 unspecified atom stereocenters. The summed E-state index contributed by atoms with van der Waals surface area (Å²) in [4.78, 5) is 0. The van der Waals surface area contributed by atoms with Crippen molar-refractivity contribution in [3.8, 4) is 0 Å². The third-order valence-corrected chi connectivity index (χ3v) is 5.27. The largest absolute Gasteiger partial charge is 0.396 e. The number of fused-ring (bicyclic) bond motifs is 2. The highest BCUT2D eigenvalue weighted by molar-refractivity contribution is 5.13. The fourth-order valence-corrected chi connectivity index (χ4v) is 3.93. The number of hydrogen-bond acceptors (Lipinski definition) is 4. The summed E-state index contributed by atoms with van der Waals surface area (Å²) in [6.07, 6.45) is 5.98. The van der Waals surface area contributed by atoms with Crippen molar-refractivity contribution in [2.24, 2.45) is 11.8 Å². The first-order chi connectivity index (χ1) is 11.9. The minimum absolute atomic E-state index is 0.279. The molecule has 0 radical (unpaired) electrons. The first-order valence-corrected chi connectivity index (χ1v) is 9.34. The zero-order valence-electron chi connectivity index (χ0n) is 14.4. The van der Waals surface area contributed by atoms with Crippen LogP contribution in [0.5, 0.6) is 0 Å². The van der Waals surface area contributed by atoms with E-state index in [9.17, 15) is 0 Å². The van der Waals surface area contributed by atoms with Gasteiger partial charge in [0, 0.05) is 25.0 Å². The van der Waals surface area contributed by atoms with E-state index in [2.05, 4.69) is 12.1 Å². The third kappa shape index (κ3) is 4.79. The minimum atomic E-state index is 0.279. The Kier molecular flexibility index (Phi) is 7.09. The monoisotopic (exact) mass is 334 g/mol. The summed E-state index contributed by atoms with van der Waals surface area (Å²) < 4.78 is 18.0. The smallest absolute Gasteiger partial charge is 0.0717 e.